The van der Waals surface area contributed by atoms with Crippen molar-refractivity contribution < 1.29 is 19.4 Å². The standard InChI is InChI=1S/C43H84N2O4/c1-4-6-8-10-13-20-28-41(29-21-14-11-9-7-5-2)39-49-43(48)32-24-18-25-33-44(37-38-46)35-36-45(34-26-17-19-27-40(3)47)42-30-22-15-12-16-23-31-42/h41-42,46H,4-39H2,1-3H3. The highest BCUT2D eigenvalue weighted by atomic mass is 16.5. The maximum Gasteiger partial charge on any atom is 0.305 e. The summed E-state index contributed by atoms with van der Waals surface area (Å²) in [4.78, 5) is 29.2. The Bertz CT molecular complexity index is 723. The molecular weight excluding hydrogens is 608 g/mol. The van der Waals surface area contributed by atoms with Crippen LogP contribution in [-0.2, 0) is 14.3 Å². The predicted octanol–water partition coefficient (Wildman–Crippen LogP) is 11.1. The van der Waals surface area contributed by atoms with Crippen LogP contribution in [0.1, 0.15) is 207 Å². The fraction of sp³-hybridized carbons (Fsp3) is 0.953. The van der Waals surface area contributed by atoms with Crippen molar-refractivity contribution in [3.63, 3.8) is 0 Å². The molecule has 0 saturated heterocycles. The molecule has 6 heteroatoms. The lowest BCUT2D eigenvalue weighted by atomic mass is 9.94. The maximum absolute atomic E-state index is 12.7. The first kappa shape index (κ1) is 46.0. The molecular formula is C43H84N2O4. The molecule has 0 unspecified atom stereocenters. The van der Waals surface area contributed by atoms with E-state index in [-0.39, 0.29) is 12.6 Å². The molecule has 0 radical (unpaired) electrons. The minimum Gasteiger partial charge on any atom is -0.465 e. The minimum absolute atomic E-state index is 0.0127. The van der Waals surface area contributed by atoms with Crippen LogP contribution >= 0.6 is 0 Å². The lowest BCUT2D eigenvalue weighted by Gasteiger charge is -2.35. The summed E-state index contributed by atoms with van der Waals surface area (Å²) in [5.74, 6) is 0.816. The van der Waals surface area contributed by atoms with Crippen LogP contribution in [0, 0.1) is 5.92 Å². The highest BCUT2D eigenvalue weighted by Crippen LogP contribution is 2.23. The number of aliphatic hydroxyl groups is 1. The number of hydrogen-bond donors (Lipinski definition) is 1. The van der Waals surface area contributed by atoms with E-state index < -0.39 is 0 Å². The van der Waals surface area contributed by atoms with E-state index in [1.165, 1.54) is 141 Å². The molecule has 0 atom stereocenters. The largest absolute Gasteiger partial charge is 0.465 e. The Hall–Kier alpha value is -0.980. The zero-order valence-corrected chi connectivity index (χ0v) is 33.2. The molecule has 6 nitrogen and oxygen atoms in total. The number of ketones is 1. The molecule has 1 rings (SSSR count). The monoisotopic (exact) mass is 693 g/mol. The highest BCUT2D eigenvalue weighted by molar-refractivity contribution is 5.75. The third-order valence-corrected chi connectivity index (χ3v) is 11.0. The maximum atomic E-state index is 12.7. The number of rotatable bonds is 34. The molecule has 49 heavy (non-hydrogen) atoms. The lowest BCUT2D eigenvalue weighted by molar-refractivity contribution is -0.145. The van der Waals surface area contributed by atoms with Crippen molar-refractivity contribution in [3.05, 3.63) is 0 Å². The topological polar surface area (TPSA) is 70.1 Å². The van der Waals surface area contributed by atoms with E-state index in [4.69, 9.17) is 4.74 Å². The quantitative estimate of drug-likeness (QED) is 0.0535. The van der Waals surface area contributed by atoms with Crippen LogP contribution in [0.4, 0.5) is 0 Å². The highest BCUT2D eigenvalue weighted by Gasteiger charge is 2.20. The molecule has 0 heterocycles. The molecule has 290 valence electrons. The molecule has 0 aliphatic heterocycles. The molecule has 0 aromatic heterocycles. The number of carbonyl (C=O) groups excluding carboxylic acids is 2. The number of esters is 1. The molecule has 0 spiro atoms. The summed E-state index contributed by atoms with van der Waals surface area (Å²) in [6.07, 6.45) is 35.2. The summed E-state index contributed by atoms with van der Waals surface area (Å²) < 4.78 is 5.86. The van der Waals surface area contributed by atoms with Crippen molar-refractivity contribution in [2.45, 2.75) is 213 Å². The van der Waals surface area contributed by atoms with E-state index in [2.05, 4.69) is 23.6 Å². The van der Waals surface area contributed by atoms with Gasteiger partial charge in [0.2, 0.25) is 0 Å². The third kappa shape index (κ3) is 28.3. The van der Waals surface area contributed by atoms with Crippen LogP contribution in [0.3, 0.4) is 0 Å². The average Bonchev–Trinajstić information content (AvgIpc) is 3.07. The normalized spacial score (nSPS) is 14.5. The summed E-state index contributed by atoms with van der Waals surface area (Å²) >= 11 is 0. The van der Waals surface area contributed by atoms with Crippen molar-refractivity contribution in [3.8, 4) is 0 Å². The van der Waals surface area contributed by atoms with Gasteiger partial charge in [-0.15, -0.1) is 0 Å². The van der Waals surface area contributed by atoms with Crippen LogP contribution in [-0.4, -0.2) is 78.6 Å². The number of hydrogen-bond acceptors (Lipinski definition) is 6. The Kier molecular flexibility index (Phi) is 32.1. The molecule has 0 aromatic rings. The van der Waals surface area contributed by atoms with E-state index in [1.54, 1.807) is 6.92 Å². The summed E-state index contributed by atoms with van der Waals surface area (Å²) in [6.45, 7) is 11.9. The van der Waals surface area contributed by atoms with Gasteiger partial charge in [0.25, 0.3) is 0 Å². The molecule has 1 N–H and O–H groups in total. The van der Waals surface area contributed by atoms with Gasteiger partial charge in [0.1, 0.15) is 5.78 Å². The first-order valence-corrected chi connectivity index (χ1v) is 21.7. The molecule has 1 saturated carbocycles. The van der Waals surface area contributed by atoms with Crippen LogP contribution in [0.5, 0.6) is 0 Å². The van der Waals surface area contributed by atoms with Crippen LogP contribution < -0.4 is 0 Å². The Labute approximate surface area is 305 Å². The van der Waals surface area contributed by atoms with Crippen LogP contribution in [0.15, 0.2) is 0 Å². The van der Waals surface area contributed by atoms with Gasteiger partial charge >= 0.3 is 5.97 Å². The molecule has 1 aliphatic carbocycles. The summed E-state index contributed by atoms with van der Waals surface area (Å²) in [6, 6.07) is 0.672. The number of ether oxygens (including phenoxy) is 1. The minimum atomic E-state index is -0.0127. The van der Waals surface area contributed by atoms with E-state index in [0.29, 0.717) is 37.2 Å². The van der Waals surface area contributed by atoms with E-state index in [9.17, 15) is 14.7 Å². The fourth-order valence-corrected chi connectivity index (χ4v) is 7.69. The number of Topliss-reactive ketones (excluding diaryl/α,β-unsaturated/α-hetero) is 1. The second-order valence-corrected chi connectivity index (χ2v) is 15.6. The van der Waals surface area contributed by atoms with E-state index in [0.717, 1.165) is 64.8 Å². The van der Waals surface area contributed by atoms with Crippen LogP contribution in [0.2, 0.25) is 0 Å². The molecule has 1 fully saturated rings. The lowest BCUT2D eigenvalue weighted by Crippen LogP contribution is -2.43. The van der Waals surface area contributed by atoms with Crippen molar-refractivity contribution in [2.75, 3.05) is 45.9 Å². The SMILES string of the molecule is CCCCCCCCC(CCCCCCCC)COC(=O)CCCCCN(CCO)CCN(CCCCCC(C)=O)C1CCCCCCC1. The molecule has 0 amide bonds. The Morgan fingerprint density at radius 1 is 0.612 bits per heavy atom. The molecule has 1 aliphatic rings. The zero-order valence-electron chi connectivity index (χ0n) is 33.2. The second kappa shape index (κ2) is 34.1. The van der Waals surface area contributed by atoms with Gasteiger partial charge in [-0.05, 0) is 77.3 Å². The van der Waals surface area contributed by atoms with Gasteiger partial charge in [0.15, 0.2) is 0 Å². The molecule has 0 bridgehead atoms. The van der Waals surface area contributed by atoms with Gasteiger partial charge in [0, 0.05) is 38.5 Å². The Morgan fingerprint density at radius 3 is 1.73 bits per heavy atom. The van der Waals surface area contributed by atoms with Gasteiger partial charge in [-0.1, -0.05) is 136 Å². The van der Waals surface area contributed by atoms with Gasteiger partial charge in [-0.2, -0.15) is 0 Å². The Balaban J connectivity index is 2.42. The van der Waals surface area contributed by atoms with E-state index >= 15 is 0 Å². The smallest absolute Gasteiger partial charge is 0.305 e. The average molecular weight is 693 g/mol. The molecule has 0 aromatic carbocycles. The number of aliphatic hydroxyl groups excluding tert-OH is 1. The summed E-state index contributed by atoms with van der Waals surface area (Å²) in [7, 11) is 0. The second-order valence-electron chi connectivity index (χ2n) is 15.6. The summed E-state index contributed by atoms with van der Waals surface area (Å²) in [5.41, 5.74) is 0. The van der Waals surface area contributed by atoms with Gasteiger partial charge < -0.3 is 14.6 Å². The summed E-state index contributed by atoms with van der Waals surface area (Å²) in [5, 5.41) is 9.80. The first-order valence-electron chi connectivity index (χ1n) is 21.7. The van der Waals surface area contributed by atoms with Gasteiger partial charge in [0.05, 0.1) is 13.2 Å². The van der Waals surface area contributed by atoms with Crippen molar-refractivity contribution in [2.24, 2.45) is 5.92 Å². The predicted molar refractivity (Wildman–Crippen MR) is 209 cm³/mol. The van der Waals surface area contributed by atoms with E-state index in [1.807, 2.05) is 0 Å². The fourth-order valence-electron chi connectivity index (χ4n) is 7.69. The zero-order chi connectivity index (χ0) is 35.6. The third-order valence-electron chi connectivity index (χ3n) is 11.0. The number of unbranched alkanes of at least 4 members (excludes halogenated alkanes) is 14. The van der Waals surface area contributed by atoms with Crippen molar-refractivity contribution >= 4 is 11.8 Å². The van der Waals surface area contributed by atoms with Crippen LogP contribution in [0.25, 0.3) is 0 Å². The number of nitrogens with zero attached hydrogens (tertiary/aromatic N) is 2. The Morgan fingerprint density at radius 2 is 1.14 bits per heavy atom. The van der Waals surface area contributed by atoms with Gasteiger partial charge in [-0.3, -0.25) is 14.6 Å². The van der Waals surface area contributed by atoms with Crippen molar-refractivity contribution in [1.82, 2.24) is 9.80 Å². The first-order chi connectivity index (χ1) is 24.0. The number of carbonyl (C=O) groups is 2. The van der Waals surface area contributed by atoms with Crippen molar-refractivity contribution in [1.29, 1.82) is 0 Å². The van der Waals surface area contributed by atoms with Gasteiger partial charge in [-0.25, -0.2) is 0 Å².